The molecule has 0 N–H and O–H groups in total. The van der Waals surface area contributed by atoms with Gasteiger partial charge >= 0.3 is 6.09 Å². The molecule has 0 aromatic heterocycles. The second-order valence-corrected chi connectivity index (χ2v) is 7.07. The highest BCUT2D eigenvalue weighted by Crippen LogP contribution is 2.51. The van der Waals surface area contributed by atoms with E-state index in [4.69, 9.17) is 4.74 Å². The third-order valence-corrected chi connectivity index (χ3v) is 5.83. The number of hydrogen-bond acceptors (Lipinski definition) is 3. The topological polar surface area (TPSA) is 49.9 Å². The molecule has 2 heterocycles. The van der Waals surface area contributed by atoms with Crippen LogP contribution in [0.5, 0.6) is 0 Å². The number of nitrogens with zero attached hydrogens (tertiary/aromatic N) is 2. The number of carbonyl (C=O) groups is 2. The number of piperazine rings is 1. The molecule has 2 saturated heterocycles. The summed E-state index contributed by atoms with van der Waals surface area (Å²) in [5.74, 6) is -0.328. The lowest BCUT2D eigenvalue weighted by Crippen LogP contribution is -2.63. The minimum Gasteiger partial charge on any atom is -0.447 e. The van der Waals surface area contributed by atoms with E-state index in [1.807, 2.05) is 6.92 Å². The van der Waals surface area contributed by atoms with Crippen LogP contribution in [-0.2, 0) is 14.9 Å². The van der Waals surface area contributed by atoms with Crippen molar-refractivity contribution < 1.29 is 18.7 Å². The molecule has 0 spiro atoms. The standard InChI is InChI=1S/C18H21FN2O3/c1-2-17-11-20(9-10-21(17)16(23)24-12-17)15(22)18(7-8-18)13-5-3-4-6-14(13)19/h3-6H,2,7-12H2,1H3. The molecule has 1 aromatic carbocycles. The van der Waals surface area contributed by atoms with E-state index < -0.39 is 11.0 Å². The Morgan fingerprint density at radius 1 is 1.29 bits per heavy atom. The number of halogens is 1. The van der Waals surface area contributed by atoms with Gasteiger partial charge in [-0.3, -0.25) is 9.69 Å². The van der Waals surface area contributed by atoms with Gasteiger partial charge in [0.1, 0.15) is 12.4 Å². The summed E-state index contributed by atoms with van der Waals surface area (Å²) < 4.78 is 19.4. The van der Waals surface area contributed by atoms with Gasteiger partial charge in [-0.2, -0.15) is 0 Å². The Balaban J connectivity index is 1.60. The summed E-state index contributed by atoms with van der Waals surface area (Å²) in [5, 5.41) is 0. The molecule has 0 radical (unpaired) electrons. The molecule has 4 rings (SSSR count). The number of fused-ring (bicyclic) bond motifs is 1. The predicted molar refractivity (Wildman–Crippen MR) is 85.0 cm³/mol. The van der Waals surface area contributed by atoms with Crippen LogP contribution >= 0.6 is 0 Å². The van der Waals surface area contributed by atoms with Crippen molar-refractivity contribution in [3.63, 3.8) is 0 Å². The van der Waals surface area contributed by atoms with Crippen LogP contribution in [0.1, 0.15) is 31.7 Å². The zero-order chi connectivity index (χ0) is 16.9. The third kappa shape index (κ3) is 2.05. The van der Waals surface area contributed by atoms with Crippen LogP contribution in [0, 0.1) is 5.82 Å². The monoisotopic (exact) mass is 332 g/mol. The fourth-order valence-electron chi connectivity index (χ4n) is 4.11. The SMILES string of the molecule is CCC12COC(=O)N1CCN(C(=O)C1(c3ccccc3F)CC1)C2. The Hall–Kier alpha value is -2.11. The lowest BCUT2D eigenvalue weighted by atomic mass is 9.89. The molecule has 128 valence electrons. The van der Waals surface area contributed by atoms with Crippen molar-refractivity contribution >= 4 is 12.0 Å². The van der Waals surface area contributed by atoms with Crippen molar-refractivity contribution in [2.24, 2.45) is 0 Å². The van der Waals surface area contributed by atoms with Gasteiger partial charge in [0.25, 0.3) is 0 Å². The fourth-order valence-corrected chi connectivity index (χ4v) is 4.11. The summed E-state index contributed by atoms with van der Waals surface area (Å²) in [6, 6.07) is 6.55. The predicted octanol–water partition coefficient (Wildman–Crippen LogP) is 2.30. The molecule has 2 aliphatic heterocycles. The lowest BCUT2D eigenvalue weighted by Gasteiger charge is -2.45. The highest BCUT2D eigenvalue weighted by molar-refractivity contribution is 5.91. The molecule has 1 saturated carbocycles. The van der Waals surface area contributed by atoms with E-state index in [0.29, 0.717) is 44.6 Å². The summed E-state index contributed by atoms with van der Waals surface area (Å²) in [6.45, 7) is 3.74. The number of rotatable bonds is 3. The number of carbonyl (C=O) groups excluding carboxylic acids is 2. The van der Waals surface area contributed by atoms with Crippen molar-refractivity contribution in [1.82, 2.24) is 9.80 Å². The van der Waals surface area contributed by atoms with Gasteiger partial charge in [-0.25, -0.2) is 9.18 Å². The summed E-state index contributed by atoms with van der Waals surface area (Å²) >= 11 is 0. The minimum absolute atomic E-state index is 0.0144. The van der Waals surface area contributed by atoms with E-state index in [1.54, 1.807) is 28.0 Å². The molecule has 0 bridgehead atoms. The molecule has 1 unspecified atom stereocenters. The van der Waals surface area contributed by atoms with Crippen LogP contribution in [0.15, 0.2) is 24.3 Å². The lowest BCUT2D eigenvalue weighted by molar-refractivity contribution is -0.138. The first-order valence-corrected chi connectivity index (χ1v) is 8.51. The molecule has 5 nitrogen and oxygen atoms in total. The quantitative estimate of drug-likeness (QED) is 0.853. The van der Waals surface area contributed by atoms with Gasteiger partial charge in [0.05, 0.1) is 11.0 Å². The Morgan fingerprint density at radius 3 is 2.71 bits per heavy atom. The van der Waals surface area contributed by atoms with Crippen LogP contribution in [0.3, 0.4) is 0 Å². The second kappa shape index (κ2) is 5.19. The Labute approximate surface area is 140 Å². The molecule has 1 aliphatic carbocycles. The number of hydrogen-bond donors (Lipinski definition) is 0. The van der Waals surface area contributed by atoms with E-state index in [-0.39, 0.29) is 17.8 Å². The summed E-state index contributed by atoms with van der Waals surface area (Å²) in [6.07, 6.45) is 1.80. The first-order valence-electron chi connectivity index (χ1n) is 8.51. The van der Waals surface area contributed by atoms with Gasteiger partial charge in [-0.05, 0) is 25.3 Å². The maximum atomic E-state index is 14.2. The molecule has 2 amide bonds. The van der Waals surface area contributed by atoms with Gasteiger partial charge in [-0.1, -0.05) is 25.1 Å². The zero-order valence-corrected chi connectivity index (χ0v) is 13.8. The molecule has 1 aromatic rings. The fraction of sp³-hybridized carbons (Fsp3) is 0.556. The molecular formula is C18H21FN2O3. The zero-order valence-electron chi connectivity index (χ0n) is 13.8. The van der Waals surface area contributed by atoms with Crippen LogP contribution in [-0.4, -0.2) is 53.6 Å². The average Bonchev–Trinajstić information content (AvgIpc) is 3.34. The van der Waals surface area contributed by atoms with Gasteiger partial charge in [0.15, 0.2) is 0 Å². The number of amides is 2. The highest BCUT2D eigenvalue weighted by atomic mass is 19.1. The second-order valence-electron chi connectivity index (χ2n) is 7.07. The van der Waals surface area contributed by atoms with Gasteiger partial charge in [0.2, 0.25) is 5.91 Å². The smallest absolute Gasteiger partial charge is 0.410 e. The summed E-state index contributed by atoms with van der Waals surface area (Å²) in [4.78, 5) is 28.6. The normalized spacial score (nSPS) is 27.7. The number of cyclic esters (lactones) is 1. The van der Waals surface area contributed by atoms with Crippen LogP contribution in [0.25, 0.3) is 0 Å². The molecule has 24 heavy (non-hydrogen) atoms. The highest BCUT2D eigenvalue weighted by Gasteiger charge is 2.57. The maximum Gasteiger partial charge on any atom is 0.410 e. The molecular weight excluding hydrogens is 311 g/mol. The summed E-state index contributed by atoms with van der Waals surface area (Å²) in [7, 11) is 0. The Bertz CT molecular complexity index is 703. The van der Waals surface area contributed by atoms with E-state index >= 15 is 0 Å². The van der Waals surface area contributed by atoms with Crippen molar-refractivity contribution in [2.75, 3.05) is 26.2 Å². The summed E-state index contributed by atoms with van der Waals surface area (Å²) in [5.41, 5.74) is -0.649. The van der Waals surface area contributed by atoms with E-state index in [2.05, 4.69) is 0 Å². The van der Waals surface area contributed by atoms with Crippen LogP contribution < -0.4 is 0 Å². The van der Waals surface area contributed by atoms with Gasteiger partial charge in [-0.15, -0.1) is 0 Å². The first-order chi connectivity index (χ1) is 11.5. The first kappa shape index (κ1) is 15.4. The minimum atomic E-state index is -0.716. The molecule has 3 aliphatic rings. The third-order valence-electron chi connectivity index (χ3n) is 5.83. The molecule has 6 heteroatoms. The van der Waals surface area contributed by atoms with E-state index in [9.17, 15) is 14.0 Å². The number of benzene rings is 1. The number of ether oxygens (including phenoxy) is 1. The van der Waals surface area contributed by atoms with Crippen molar-refractivity contribution in [1.29, 1.82) is 0 Å². The molecule has 1 atom stereocenters. The van der Waals surface area contributed by atoms with Crippen LogP contribution in [0.2, 0.25) is 0 Å². The van der Waals surface area contributed by atoms with E-state index in [1.165, 1.54) is 6.07 Å². The largest absolute Gasteiger partial charge is 0.447 e. The van der Waals surface area contributed by atoms with E-state index in [0.717, 1.165) is 6.42 Å². The van der Waals surface area contributed by atoms with Gasteiger partial charge in [0, 0.05) is 25.2 Å². The molecule has 3 fully saturated rings. The Kier molecular flexibility index (Phi) is 3.34. The van der Waals surface area contributed by atoms with Crippen molar-refractivity contribution in [3.8, 4) is 0 Å². The maximum absolute atomic E-state index is 14.2. The average molecular weight is 332 g/mol. The van der Waals surface area contributed by atoms with Gasteiger partial charge < -0.3 is 9.64 Å². The Morgan fingerprint density at radius 2 is 2.04 bits per heavy atom. The van der Waals surface area contributed by atoms with Crippen LogP contribution in [0.4, 0.5) is 9.18 Å². The van der Waals surface area contributed by atoms with Crippen molar-refractivity contribution in [3.05, 3.63) is 35.6 Å². The van der Waals surface area contributed by atoms with Crippen molar-refractivity contribution in [2.45, 2.75) is 37.1 Å².